The van der Waals surface area contributed by atoms with Crippen LogP contribution in [-0.2, 0) is 0 Å². The Hall–Kier alpha value is -0.330. The van der Waals surface area contributed by atoms with Crippen molar-refractivity contribution >= 4 is 0 Å². The number of hydrogen-bond donors (Lipinski definition) is 0. The number of allylic oxidation sites excluding steroid dienone is 2. The molecule has 0 spiro atoms. The van der Waals surface area contributed by atoms with Gasteiger partial charge in [0.15, 0.2) is 0 Å². The lowest BCUT2D eigenvalue weighted by molar-refractivity contribution is 0.492. The van der Waals surface area contributed by atoms with Crippen LogP contribution in [0.5, 0.6) is 0 Å². The second-order valence-corrected chi connectivity index (χ2v) is 2.75. The van der Waals surface area contributed by atoms with E-state index in [2.05, 4.69) is 13.8 Å². The van der Waals surface area contributed by atoms with Crippen LogP contribution >= 0.6 is 0 Å². The first kappa shape index (κ1) is 9.67. The van der Waals surface area contributed by atoms with E-state index in [1.54, 1.807) is 0 Å². The van der Waals surface area contributed by atoms with E-state index in [1.807, 2.05) is 6.92 Å². The van der Waals surface area contributed by atoms with Gasteiger partial charge in [-0.2, -0.15) is 0 Å². The molecule has 0 atom stereocenters. The van der Waals surface area contributed by atoms with Crippen molar-refractivity contribution in [3.8, 4) is 0 Å². The van der Waals surface area contributed by atoms with Crippen LogP contribution in [0.1, 0.15) is 40.0 Å². The summed E-state index contributed by atoms with van der Waals surface area (Å²) in [6, 6.07) is 0. The highest BCUT2D eigenvalue weighted by Crippen LogP contribution is 2.12. The first-order valence-corrected chi connectivity index (χ1v) is 3.93. The summed E-state index contributed by atoms with van der Waals surface area (Å²) >= 11 is 0. The summed E-state index contributed by atoms with van der Waals surface area (Å²) in [6.07, 6.45) is 2.90. The maximum Gasteiger partial charge on any atom is 0.0931 e. The highest BCUT2D eigenvalue weighted by Gasteiger charge is 1.94. The molecule has 0 bridgehead atoms. The normalized spacial score (nSPS) is 13.2. The van der Waals surface area contributed by atoms with Crippen molar-refractivity contribution in [2.24, 2.45) is 0 Å². The van der Waals surface area contributed by atoms with Crippen molar-refractivity contribution in [1.29, 1.82) is 0 Å². The van der Waals surface area contributed by atoms with Gasteiger partial charge in [0.05, 0.1) is 6.67 Å². The smallest absolute Gasteiger partial charge is 0.0931 e. The minimum Gasteiger partial charge on any atom is -0.251 e. The Bertz CT molecular complexity index is 99.9. The van der Waals surface area contributed by atoms with E-state index in [-0.39, 0.29) is 6.67 Å². The van der Waals surface area contributed by atoms with Crippen LogP contribution < -0.4 is 0 Å². The third kappa shape index (κ3) is 3.65. The summed E-state index contributed by atoms with van der Waals surface area (Å²) < 4.78 is 11.8. The zero-order valence-electron chi connectivity index (χ0n) is 7.21. The molecule has 1 heteroatoms. The maximum absolute atomic E-state index is 11.8. The monoisotopic (exact) mass is 144 g/mol. The molecule has 0 aliphatic carbocycles. The van der Waals surface area contributed by atoms with Crippen molar-refractivity contribution < 1.29 is 4.39 Å². The number of hydrogen-bond acceptors (Lipinski definition) is 0. The molecule has 0 aliphatic rings. The minimum atomic E-state index is -0.215. The van der Waals surface area contributed by atoms with Gasteiger partial charge in [-0.05, 0) is 26.7 Å². The highest BCUT2D eigenvalue weighted by atomic mass is 19.1. The summed E-state index contributed by atoms with van der Waals surface area (Å²) in [5, 5.41) is 0. The van der Waals surface area contributed by atoms with Gasteiger partial charge in [0, 0.05) is 0 Å². The van der Waals surface area contributed by atoms with E-state index < -0.39 is 0 Å². The molecule has 0 N–H and O–H groups in total. The Morgan fingerprint density at radius 2 is 1.60 bits per heavy atom. The van der Waals surface area contributed by atoms with Crippen LogP contribution in [0.2, 0.25) is 0 Å². The van der Waals surface area contributed by atoms with Crippen LogP contribution in [0, 0.1) is 0 Å². The Kier molecular flexibility index (Phi) is 5.27. The van der Waals surface area contributed by atoms with Crippen molar-refractivity contribution in [2.45, 2.75) is 40.0 Å². The first-order valence-electron chi connectivity index (χ1n) is 3.93. The lowest BCUT2D eigenvalue weighted by Gasteiger charge is -2.03. The fourth-order valence-corrected chi connectivity index (χ4v) is 0.944. The van der Waals surface area contributed by atoms with Gasteiger partial charge >= 0.3 is 0 Å². The van der Waals surface area contributed by atoms with Gasteiger partial charge in [-0.15, -0.1) is 0 Å². The molecule has 0 aliphatic heterocycles. The van der Waals surface area contributed by atoms with E-state index in [9.17, 15) is 4.39 Å². The van der Waals surface area contributed by atoms with E-state index in [4.69, 9.17) is 0 Å². The Morgan fingerprint density at radius 3 is 2.00 bits per heavy atom. The average Bonchev–Trinajstić information content (AvgIpc) is 1.89. The topological polar surface area (TPSA) is 0 Å². The van der Waals surface area contributed by atoms with Gasteiger partial charge in [-0.3, -0.25) is 4.39 Å². The van der Waals surface area contributed by atoms with Crippen molar-refractivity contribution in [3.63, 3.8) is 0 Å². The second kappa shape index (κ2) is 5.45. The number of rotatable bonds is 4. The summed E-state index contributed by atoms with van der Waals surface area (Å²) in [5.41, 5.74) is 2.59. The molecular formula is C9H17F. The molecule has 0 saturated heterocycles. The quantitative estimate of drug-likeness (QED) is 0.530. The van der Waals surface area contributed by atoms with E-state index in [0.29, 0.717) is 6.42 Å². The van der Waals surface area contributed by atoms with E-state index >= 15 is 0 Å². The summed E-state index contributed by atoms with van der Waals surface area (Å²) in [4.78, 5) is 0. The largest absolute Gasteiger partial charge is 0.251 e. The zero-order valence-corrected chi connectivity index (χ0v) is 7.21. The molecule has 0 radical (unpaired) electrons. The maximum atomic E-state index is 11.8. The summed E-state index contributed by atoms with van der Waals surface area (Å²) in [6.45, 7) is 6.04. The van der Waals surface area contributed by atoms with Crippen molar-refractivity contribution in [3.05, 3.63) is 11.1 Å². The van der Waals surface area contributed by atoms with Gasteiger partial charge in [0.1, 0.15) is 0 Å². The van der Waals surface area contributed by atoms with E-state index in [0.717, 1.165) is 12.8 Å². The van der Waals surface area contributed by atoms with Gasteiger partial charge < -0.3 is 0 Å². The third-order valence-electron chi connectivity index (χ3n) is 1.82. The third-order valence-corrected chi connectivity index (χ3v) is 1.82. The second-order valence-electron chi connectivity index (χ2n) is 2.75. The van der Waals surface area contributed by atoms with Crippen molar-refractivity contribution in [2.75, 3.05) is 6.67 Å². The van der Waals surface area contributed by atoms with Crippen molar-refractivity contribution in [1.82, 2.24) is 0 Å². The van der Waals surface area contributed by atoms with Crippen LogP contribution in [0.25, 0.3) is 0 Å². The Balaban J connectivity index is 3.79. The average molecular weight is 144 g/mol. The van der Waals surface area contributed by atoms with Gasteiger partial charge in [0.2, 0.25) is 0 Å². The molecule has 0 unspecified atom stereocenters. The molecule has 0 aromatic rings. The van der Waals surface area contributed by atoms with Crippen LogP contribution in [0.3, 0.4) is 0 Å². The number of halogens is 1. The predicted molar refractivity (Wildman–Crippen MR) is 43.9 cm³/mol. The predicted octanol–water partition coefficient (Wildman–Crippen LogP) is 3.48. The Labute approximate surface area is 63.1 Å². The summed E-state index contributed by atoms with van der Waals surface area (Å²) in [7, 11) is 0. The van der Waals surface area contributed by atoms with Gasteiger partial charge in [-0.25, -0.2) is 0 Å². The molecule has 0 saturated carbocycles. The lowest BCUT2D eigenvalue weighted by Crippen LogP contribution is -1.85. The lowest BCUT2D eigenvalue weighted by atomic mass is 10.0. The number of alkyl halides is 1. The standard InChI is InChI=1S/C9H17F/c1-4-5-8(2)9(3)6-7-10/h4-7H2,1-3H3/b9-8-. The van der Waals surface area contributed by atoms with Gasteiger partial charge in [0.25, 0.3) is 0 Å². The van der Waals surface area contributed by atoms with Crippen LogP contribution in [-0.4, -0.2) is 6.67 Å². The molecule has 0 rings (SSSR count). The molecule has 0 heterocycles. The highest BCUT2D eigenvalue weighted by molar-refractivity contribution is 5.09. The fourth-order valence-electron chi connectivity index (χ4n) is 0.944. The fraction of sp³-hybridized carbons (Fsp3) is 0.778. The molecule has 0 aromatic heterocycles. The molecule has 0 amide bonds. The minimum absolute atomic E-state index is 0.215. The SMILES string of the molecule is CCC/C(C)=C(/C)CCF. The molecule has 0 fully saturated rings. The molecule has 60 valence electrons. The van der Waals surface area contributed by atoms with Gasteiger partial charge in [-0.1, -0.05) is 24.5 Å². The van der Waals surface area contributed by atoms with Crippen LogP contribution in [0.15, 0.2) is 11.1 Å². The molecule has 10 heavy (non-hydrogen) atoms. The molecular weight excluding hydrogens is 127 g/mol. The summed E-state index contributed by atoms with van der Waals surface area (Å²) in [5.74, 6) is 0. The van der Waals surface area contributed by atoms with Crippen LogP contribution in [0.4, 0.5) is 4.39 Å². The Morgan fingerprint density at radius 1 is 1.10 bits per heavy atom. The first-order chi connectivity index (χ1) is 4.72. The zero-order chi connectivity index (χ0) is 7.98. The molecule has 0 nitrogen and oxygen atoms in total. The van der Waals surface area contributed by atoms with E-state index in [1.165, 1.54) is 11.1 Å². The molecule has 0 aromatic carbocycles.